The highest BCUT2D eigenvalue weighted by Gasteiger charge is 2.50. The molecule has 1 fully saturated rings. The Kier molecular flexibility index (Phi) is 1.22. The van der Waals surface area contributed by atoms with E-state index in [1.807, 2.05) is 6.08 Å². The van der Waals surface area contributed by atoms with Crippen LogP contribution in [0.15, 0.2) is 23.8 Å². The molecule has 4 atom stereocenters. The topological polar surface area (TPSA) is 34.1 Å². The van der Waals surface area contributed by atoms with E-state index in [-0.39, 0.29) is 11.7 Å². The zero-order valence-corrected chi connectivity index (χ0v) is 7.14. The van der Waals surface area contributed by atoms with Gasteiger partial charge in [0.2, 0.25) is 0 Å². The molecule has 0 aromatic rings. The molecule has 3 rings (SSSR count). The van der Waals surface area contributed by atoms with Crippen molar-refractivity contribution in [3.63, 3.8) is 0 Å². The summed E-state index contributed by atoms with van der Waals surface area (Å²) in [6, 6.07) is 0. The first-order valence-corrected chi connectivity index (χ1v) is 4.71. The maximum atomic E-state index is 11.7. The van der Waals surface area contributed by atoms with Crippen molar-refractivity contribution in [2.24, 2.45) is 23.7 Å². The lowest BCUT2D eigenvalue weighted by Crippen LogP contribution is -2.21. The Bertz CT molecular complexity index is 351. The van der Waals surface area contributed by atoms with Crippen LogP contribution in [0.4, 0.5) is 0 Å². The summed E-state index contributed by atoms with van der Waals surface area (Å²) >= 11 is 0. The molecule has 0 aromatic carbocycles. The predicted molar refractivity (Wildman–Crippen MR) is 46.9 cm³/mol. The summed E-state index contributed by atoms with van der Waals surface area (Å²) < 4.78 is 0. The van der Waals surface area contributed by atoms with Crippen molar-refractivity contribution in [1.29, 1.82) is 0 Å². The number of rotatable bonds is 1. The van der Waals surface area contributed by atoms with E-state index in [9.17, 15) is 9.59 Å². The van der Waals surface area contributed by atoms with Gasteiger partial charge in [0.05, 0.1) is 5.57 Å². The van der Waals surface area contributed by atoms with Gasteiger partial charge in [0, 0.05) is 5.92 Å². The first-order valence-electron chi connectivity index (χ1n) is 4.71. The molecule has 0 radical (unpaired) electrons. The Labute approximate surface area is 76.3 Å². The number of carbonyl (C=O) groups is 2. The molecule has 0 aliphatic heterocycles. The SMILES string of the molecule is O=CC1=CC2C3C=CC(C3)C2C1=O. The quantitative estimate of drug-likeness (QED) is 0.339. The molecule has 2 nitrogen and oxygen atoms in total. The fourth-order valence-electron chi connectivity index (χ4n) is 3.04. The van der Waals surface area contributed by atoms with Crippen molar-refractivity contribution in [3.8, 4) is 0 Å². The van der Waals surface area contributed by atoms with E-state index in [0.717, 1.165) is 6.42 Å². The zero-order valence-electron chi connectivity index (χ0n) is 7.14. The molecule has 0 amide bonds. The largest absolute Gasteiger partial charge is 0.298 e. The van der Waals surface area contributed by atoms with Gasteiger partial charge in [-0.15, -0.1) is 0 Å². The van der Waals surface area contributed by atoms with Crippen molar-refractivity contribution in [1.82, 2.24) is 0 Å². The number of Topliss-reactive ketones (excluding diaryl/α,β-unsaturated/α-hetero) is 1. The monoisotopic (exact) mass is 174 g/mol. The predicted octanol–water partition coefficient (Wildman–Crippen LogP) is 1.13. The van der Waals surface area contributed by atoms with Gasteiger partial charge in [-0.3, -0.25) is 9.59 Å². The standard InChI is InChI=1S/C11H10O2/c12-5-8-4-9-6-1-2-7(3-6)10(9)11(8)13/h1-2,4-7,9-10H,3H2. The highest BCUT2D eigenvalue weighted by Crippen LogP contribution is 2.52. The lowest BCUT2D eigenvalue weighted by atomic mass is 9.85. The third-order valence-corrected chi connectivity index (χ3v) is 3.61. The van der Waals surface area contributed by atoms with Gasteiger partial charge >= 0.3 is 0 Å². The van der Waals surface area contributed by atoms with Gasteiger partial charge in [0.25, 0.3) is 0 Å². The molecule has 2 bridgehead atoms. The molecule has 1 saturated carbocycles. The number of hydrogen-bond acceptors (Lipinski definition) is 2. The molecule has 13 heavy (non-hydrogen) atoms. The number of allylic oxidation sites excluding steroid dienone is 4. The third-order valence-electron chi connectivity index (χ3n) is 3.61. The normalized spacial score (nSPS) is 45.2. The smallest absolute Gasteiger partial charge is 0.170 e. The van der Waals surface area contributed by atoms with Crippen LogP contribution in [0.2, 0.25) is 0 Å². The van der Waals surface area contributed by atoms with Gasteiger partial charge < -0.3 is 0 Å². The number of aldehydes is 1. The molecular weight excluding hydrogens is 164 g/mol. The summed E-state index contributed by atoms with van der Waals surface area (Å²) in [7, 11) is 0. The molecule has 66 valence electrons. The molecule has 0 saturated heterocycles. The van der Waals surface area contributed by atoms with E-state index in [1.54, 1.807) is 0 Å². The van der Waals surface area contributed by atoms with Gasteiger partial charge in [-0.05, 0) is 24.2 Å². The minimum absolute atomic E-state index is 0.0804. The Morgan fingerprint density at radius 2 is 2.08 bits per heavy atom. The summed E-state index contributed by atoms with van der Waals surface area (Å²) in [6.07, 6.45) is 8.05. The summed E-state index contributed by atoms with van der Waals surface area (Å²) in [5.41, 5.74) is 0.411. The van der Waals surface area contributed by atoms with Crippen LogP contribution in [0, 0.1) is 23.7 Å². The molecule has 0 N–H and O–H groups in total. The first-order chi connectivity index (χ1) is 6.31. The Hall–Kier alpha value is -1.18. The first kappa shape index (κ1) is 7.25. The minimum atomic E-state index is 0.0804. The van der Waals surface area contributed by atoms with Crippen molar-refractivity contribution >= 4 is 12.1 Å². The highest BCUT2D eigenvalue weighted by atomic mass is 16.1. The second-order valence-electron chi connectivity index (χ2n) is 4.16. The molecule has 0 heterocycles. The summed E-state index contributed by atoms with van der Waals surface area (Å²) in [5, 5.41) is 0. The second kappa shape index (κ2) is 2.19. The van der Waals surface area contributed by atoms with Crippen molar-refractivity contribution in [2.45, 2.75) is 6.42 Å². The van der Waals surface area contributed by atoms with Gasteiger partial charge in [-0.2, -0.15) is 0 Å². The molecule has 3 aliphatic rings. The summed E-state index contributed by atoms with van der Waals surface area (Å²) in [4.78, 5) is 22.2. The minimum Gasteiger partial charge on any atom is -0.298 e. The van der Waals surface area contributed by atoms with Crippen LogP contribution in [0.25, 0.3) is 0 Å². The van der Waals surface area contributed by atoms with Crippen LogP contribution in [-0.2, 0) is 9.59 Å². The lowest BCUT2D eigenvalue weighted by molar-refractivity contribution is -0.121. The Morgan fingerprint density at radius 3 is 2.77 bits per heavy atom. The fraction of sp³-hybridized carbons (Fsp3) is 0.455. The zero-order chi connectivity index (χ0) is 9.00. The lowest BCUT2D eigenvalue weighted by Gasteiger charge is -2.17. The van der Waals surface area contributed by atoms with Crippen LogP contribution in [0.1, 0.15) is 6.42 Å². The number of ketones is 1. The summed E-state index contributed by atoms with van der Waals surface area (Å²) in [6.45, 7) is 0. The van der Waals surface area contributed by atoms with Gasteiger partial charge in [0.15, 0.2) is 12.1 Å². The van der Waals surface area contributed by atoms with Crippen LogP contribution >= 0.6 is 0 Å². The van der Waals surface area contributed by atoms with Crippen LogP contribution in [-0.4, -0.2) is 12.1 Å². The number of fused-ring (bicyclic) bond motifs is 5. The van der Waals surface area contributed by atoms with Crippen molar-refractivity contribution in [2.75, 3.05) is 0 Å². The fourth-order valence-corrected chi connectivity index (χ4v) is 3.04. The van der Waals surface area contributed by atoms with Crippen molar-refractivity contribution < 1.29 is 9.59 Å². The maximum Gasteiger partial charge on any atom is 0.170 e. The molecule has 0 aromatic heterocycles. The van der Waals surface area contributed by atoms with Crippen LogP contribution < -0.4 is 0 Å². The average Bonchev–Trinajstić information content (AvgIpc) is 2.76. The van der Waals surface area contributed by atoms with Crippen molar-refractivity contribution in [3.05, 3.63) is 23.8 Å². The van der Waals surface area contributed by atoms with Gasteiger partial charge in [0.1, 0.15) is 0 Å². The Balaban J connectivity index is 2.04. The van der Waals surface area contributed by atoms with Crippen LogP contribution in [0.3, 0.4) is 0 Å². The molecule has 0 spiro atoms. The molecule has 4 unspecified atom stereocenters. The van der Waals surface area contributed by atoms with E-state index in [0.29, 0.717) is 29.6 Å². The number of carbonyl (C=O) groups excluding carboxylic acids is 2. The van der Waals surface area contributed by atoms with E-state index in [1.165, 1.54) is 0 Å². The maximum absolute atomic E-state index is 11.7. The molecule has 3 aliphatic carbocycles. The van der Waals surface area contributed by atoms with E-state index >= 15 is 0 Å². The third kappa shape index (κ3) is 0.736. The van der Waals surface area contributed by atoms with Gasteiger partial charge in [-0.25, -0.2) is 0 Å². The molecule has 2 heteroatoms. The Morgan fingerprint density at radius 1 is 1.31 bits per heavy atom. The summed E-state index contributed by atoms with van der Waals surface area (Å²) in [5.74, 6) is 1.46. The van der Waals surface area contributed by atoms with Gasteiger partial charge in [-0.1, -0.05) is 18.2 Å². The molecular formula is C11H10O2. The average molecular weight is 174 g/mol. The second-order valence-corrected chi connectivity index (χ2v) is 4.16. The van der Waals surface area contributed by atoms with Crippen LogP contribution in [0.5, 0.6) is 0 Å². The number of hydrogen-bond donors (Lipinski definition) is 0. The van der Waals surface area contributed by atoms with E-state index < -0.39 is 0 Å². The van der Waals surface area contributed by atoms with E-state index in [4.69, 9.17) is 0 Å². The highest BCUT2D eigenvalue weighted by molar-refractivity contribution is 6.15. The van der Waals surface area contributed by atoms with E-state index in [2.05, 4.69) is 12.2 Å².